The van der Waals surface area contributed by atoms with Gasteiger partial charge in [0.2, 0.25) is 6.29 Å². The quantitative estimate of drug-likeness (QED) is 0.771. The van der Waals surface area contributed by atoms with Crippen molar-refractivity contribution in [1.29, 1.82) is 0 Å². The summed E-state index contributed by atoms with van der Waals surface area (Å²) in [5.74, 6) is -0.214. The van der Waals surface area contributed by atoms with Crippen molar-refractivity contribution in [3.05, 3.63) is 72.3 Å². The fraction of sp³-hybridized carbons (Fsp3) is 0.238. The van der Waals surface area contributed by atoms with Crippen LogP contribution < -0.4 is 0 Å². The summed E-state index contributed by atoms with van der Waals surface area (Å²) in [6, 6.07) is 17.5. The second-order valence-electron chi connectivity index (χ2n) is 5.99. The molecular formula is C21H20O5. The first-order valence-corrected chi connectivity index (χ1v) is 8.43. The monoisotopic (exact) mass is 352 g/mol. The van der Waals surface area contributed by atoms with Gasteiger partial charge in [0.1, 0.15) is 0 Å². The van der Waals surface area contributed by atoms with E-state index in [0.29, 0.717) is 5.56 Å². The summed E-state index contributed by atoms with van der Waals surface area (Å²) in [4.78, 5) is 23.9. The summed E-state index contributed by atoms with van der Waals surface area (Å²) >= 11 is 0. The third-order valence-corrected chi connectivity index (χ3v) is 4.24. The van der Waals surface area contributed by atoms with E-state index in [4.69, 9.17) is 14.2 Å². The Morgan fingerprint density at radius 1 is 1.08 bits per heavy atom. The molecule has 2 atom stereocenters. The summed E-state index contributed by atoms with van der Waals surface area (Å²) in [5.41, 5.74) is 1.57. The van der Waals surface area contributed by atoms with E-state index in [1.807, 2.05) is 54.6 Å². The van der Waals surface area contributed by atoms with E-state index in [-0.39, 0.29) is 12.4 Å². The summed E-state index contributed by atoms with van der Waals surface area (Å²) in [7, 11) is 0. The van der Waals surface area contributed by atoms with Gasteiger partial charge in [0.25, 0.3) is 0 Å². The van der Waals surface area contributed by atoms with Crippen LogP contribution >= 0.6 is 0 Å². The van der Waals surface area contributed by atoms with Gasteiger partial charge in [-0.25, -0.2) is 4.79 Å². The molecule has 0 aromatic heterocycles. The van der Waals surface area contributed by atoms with E-state index in [2.05, 4.69) is 0 Å². The average molecular weight is 352 g/mol. The van der Waals surface area contributed by atoms with Crippen LogP contribution in [0.15, 0.2) is 66.7 Å². The lowest BCUT2D eigenvalue weighted by Gasteiger charge is -2.33. The van der Waals surface area contributed by atoms with Gasteiger partial charge in [0.15, 0.2) is 11.4 Å². The van der Waals surface area contributed by atoms with E-state index in [1.54, 1.807) is 13.8 Å². The average Bonchev–Trinajstić information content (AvgIpc) is 2.66. The van der Waals surface area contributed by atoms with Crippen LogP contribution in [0.3, 0.4) is 0 Å². The molecule has 26 heavy (non-hydrogen) atoms. The molecule has 0 amide bonds. The van der Waals surface area contributed by atoms with Crippen LogP contribution in [0, 0.1) is 0 Å². The number of hydrogen-bond acceptors (Lipinski definition) is 5. The summed E-state index contributed by atoms with van der Waals surface area (Å²) in [6.07, 6.45) is 0.960. The van der Waals surface area contributed by atoms with Gasteiger partial charge in [-0.3, -0.25) is 4.79 Å². The van der Waals surface area contributed by atoms with Crippen molar-refractivity contribution in [2.45, 2.75) is 25.7 Å². The highest BCUT2D eigenvalue weighted by Gasteiger charge is 2.40. The number of carbonyl (C=O) groups excluding carboxylic acids is 2. The number of benzene rings is 2. The van der Waals surface area contributed by atoms with Gasteiger partial charge in [0, 0.05) is 0 Å². The number of hydrogen-bond donors (Lipinski definition) is 0. The van der Waals surface area contributed by atoms with Crippen molar-refractivity contribution in [2.75, 3.05) is 6.61 Å². The van der Waals surface area contributed by atoms with Gasteiger partial charge in [-0.2, -0.15) is 0 Å². The molecular weight excluding hydrogens is 332 g/mol. The SMILES string of the molecule is CCOC(=O)O[C@@H]1C=CC(=O)[C@@](C)(c2ccc(-c3ccccc3)cc2)O1. The third kappa shape index (κ3) is 3.68. The smallest absolute Gasteiger partial charge is 0.435 e. The zero-order valence-electron chi connectivity index (χ0n) is 14.7. The van der Waals surface area contributed by atoms with Crippen molar-refractivity contribution >= 4 is 11.9 Å². The van der Waals surface area contributed by atoms with Gasteiger partial charge in [-0.15, -0.1) is 0 Å². The number of rotatable bonds is 4. The third-order valence-electron chi connectivity index (χ3n) is 4.24. The minimum atomic E-state index is -1.23. The summed E-state index contributed by atoms with van der Waals surface area (Å²) in [6.45, 7) is 3.55. The molecule has 0 bridgehead atoms. The molecule has 5 nitrogen and oxygen atoms in total. The first kappa shape index (κ1) is 17.9. The molecule has 2 aromatic carbocycles. The second-order valence-corrected chi connectivity index (χ2v) is 5.99. The molecule has 1 aliphatic rings. The Bertz CT molecular complexity index is 810. The van der Waals surface area contributed by atoms with Gasteiger partial charge >= 0.3 is 6.16 Å². The van der Waals surface area contributed by atoms with Crippen LogP contribution in [0.25, 0.3) is 11.1 Å². The van der Waals surface area contributed by atoms with E-state index in [9.17, 15) is 9.59 Å². The van der Waals surface area contributed by atoms with Gasteiger partial charge in [0.05, 0.1) is 6.61 Å². The van der Waals surface area contributed by atoms with E-state index in [1.165, 1.54) is 12.2 Å². The van der Waals surface area contributed by atoms with Crippen molar-refractivity contribution in [1.82, 2.24) is 0 Å². The molecule has 3 rings (SSSR count). The highest BCUT2D eigenvalue weighted by molar-refractivity contribution is 5.98. The first-order valence-electron chi connectivity index (χ1n) is 8.43. The van der Waals surface area contributed by atoms with Crippen LogP contribution in [-0.2, 0) is 24.6 Å². The van der Waals surface area contributed by atoms with Crippen LogP contribution in [0.5, 0.6) is 0 Å². The van der Waals surface area contributed by atoms with E-state index < -0.39 is 18.0 Å². The minimum Gasteiger partial charge on any atom is -0.435 e. The van der Waals surface area contributed by atoms with Crippen LogP contribution in [-0.4, -0.2) is 24.8 Å². The predicted octanol–water partition coefficient (Wildman–Crippen LogP) is 4.22. The minimum absolute atomic E-state index is 0.201. The second kappa shape index (κ2) is 7.54. The molecule has 134 valence electrons. The number of ketones is 1. The maximum absolute atomic E-state index is 12.4. The van der Waals surface area contributed by atoms with E-state index in [0.717, 1.165) is 11.1 Å². The summed E-state index contributed by atoms with van der Waals surface area (Å²) in [5, 5.41) is 0. The Kier molecular flexibility index (Phi) is 5.19. The Morgan fingerprint density at radius 2 is 1.73 bits per heavy atom. The predicted molar refractivity (Wildman–Crippen MR) is 96.4 cm³/mol. The standard InChI is InChI=1S/C21H20O5/c1-3-24-20(23)25-19-14-13-18(22)21(2,26-19)17-11-9-16(10-12-17)15-7-5-4-6-8-15/h4-14,19H,3H2,1-2H3/t19-,21+/m0/s1. The normalized spacial score (nSPS) is 22.1. The molecule has 0 spiro atoms. The highest BCUT2D eigenvalue weighted by Crippen LogP contribution is 2.33. The Hall–Kier alpha value is -2.92. The molecule has 1 aliphatic heterocycles. The van der Waals surface area contributed by atoms with Gasteiger partial charge in [-0.1, -0.05) is 54.6 Å². The topological polar surface area (TPSA) is 61.8 Å². The fourth-order valence-electron chi connectivity index (χ4n) is 2.79. The number of ether oxygens (including phenoxy) is 3. The molecule has 0 fully saturated rings. The van der Waals surface area contributed by atoms with Crippen LogP contribution in [0.4, 0.5) is 4.79 Å². The largest absolute Gasteiger partial charge is 0.510 e. The van der Waals surface area contributed by atoms with Crippen molar-refractivity contribution in [2.24, 2.45) is 0 Å². The fourth-order valence-corrected chi connectivity index (χ4v) is 2.79. The molecule has 0 radical (unpaired) electrons. The lowest BCUT2D eigenvalue weighted by atomic mass is 9.88. The molecule has 0 saturated carbocycles. The molecule has 0 saturated heterocycles. The van der Waals surface area contributed by atoms with Gasteiger partial charge in [-0.05, 0) is 42.7 Å². The molecule has 2 aromatic rings. The molecule has 0 N–H and O–H groups in total. The van der Waals surface area contributed by atoms with Crippen molar-refractivity contribution < 1.29 is 23.8 Å². The Morgan fingerprint density at radius 3 is 2.38 bits per heavy atom. The zero-order chi connectivity index (χ0) is 18.6. The zero-order valence-corrected chi connectivity index (χ0v) is 14.7. The van der Waals surface area contributed by atoms with Crippen molar-refractivity contribution in [3.63, 3.8) is 0 Å². The molecule has 1 heterocycles. The Balaban J connectivity index is 1.81. The number of carbonyl (C=O) groups is 2. The lowest BCUT2D eigenvalue weighted by molar-refractivity contribution is -0.182. The molecule has 5 heteroatoms. The first-order chi connectivity index (χ1) is 12.5. The Labute approximate surface area is 152 Å². The summed E-state index contributed by atoms with van der Waals surface area (Å²) < 4.78 is 15.6. The van der Waals surface area contributed by atoms with Gasteiger partial charge < -0.3 is 14.2 Å². The molecule has 0 unspecified atom stereocenters. The van der Waals surface area contributed by atoms with Crippen molar-refractivity contribution in [3.8, 4) is 11.1 Å². The van der Waals surface area contributed by atoms with Crippen LogP contribution in [0.1, 0.15) is 19.4 Å². The maximum atomic E-state index is 12.4. The maximum Gasteiger partial charge on any atom is 0.510 e. The lowest BCUT2D eigenvalue weighted by Crippen LogP contribution is -2.42. The van der Waals surface area contributed by atoms with Crippen LogP contribution in [0.2, 0.25) is 0 Å². The van der Waals surface area contributed by atoms with E-state index >= 15 is 0 Å². The highest BCUT2D eigenvalue weighted by atomic mass is 16.8. The molecule has 0 aliphatic carbocycles.